The standard InChI is InChI=1S/C16H29NO/c1-2-13-5-7-14(8-6-13)16(18)9-11-17-10-3-4-15(17)12-16/h13-15,18H,2-12H2,1H3. The second-order valence-electron chi connectivity index (χ2n) is 7.02. The van der Waals surface area contributed by atoms with Crippen molar-refractivity contribution in [2.45, 2.75) is 76.4 Å². The minimum atomic E-state index is -0.315. The van der Waals surface area contributed by atoms with Gasteiger partial charge in [-0.3, -0.25) is 0 Å². The summed E-state index contributed by atoms with van der Waals surface area (Å²) in [6.45, 7) is 4.74. The topological polar surface area (TPSA) is 23.5 Å². The molecule has 1 saturated carbocycles. The van der Waals surface area contributed by atoms with Gasteiger partial charge in [0.2, 0.25) is 0 Å². The van der Waals surface area contributed by atoms with E-state index in [1.54, 1.807) is 0 Å². The summed E-state index contributed by atoms with van der Waals surface area (Å²) in [4.78, 5) is 2.62. The number of hydrogen-bond acceptors (Lipinski definition) is 2. The highest BCUT2D eigenvalue weighted by molar-refractivity contribution is 4.99. The van der Waals surface area contributed by atoms with E-state index in [0.717, 1.165) is 25.3 Å². The minimum absolute atomic E-state index is 0.315. The van der Waals surface area contributed by atoms with Gasteiger partial charge >= 0.3 is 0 Å². The molecule has 2 saturated heterocycles. The van der Waals surface area contributed by atoms with Gasteiger partial charge in [0.15, 0.2) is 0 Å². The molecule has 0 bridgehead atoms. The number of rotatable bonds is 2. The Morgan fingerprint density at radius 2 is 1.89 bits per heavy atom. The highest BCUT2D eigenvalue weighted by Gasteiger charge is 2.45. The zero-order valence-electron chi connectivity index (χ0n) is 11.9. The van der Waals surface area contributed by atoms with E-state index in [0.29, 0.717) is 12.0 Å². The quantitative estimate of drug-likeness (QED) is 0.814. The molecule has 1 N–H and O–H groups in total. The summed E-state index contributed by atoms with van der Waals surface area (Å²) in [6.07, 6.45) is 11.4. The van der Waals surface area contributed by atoms with E-state index in [-0.39, 0.29) is 5.60 Å². The Balaban J connectivity index is 1.61. The van der Waals surface area contributed by atoms with E-state index in [1.807, 2.05) is 0 Å². The predicted octanol–water partition coefficient (Wildman–Crippen LogP) is 3.19. The minimum Gasteiger partial charge on any atom is -0.389 e. The third-order valence-corrected chi connectivity index (χ3v) is 6.10. The monoisotopic (exact) mass is 251 g/mol. The smallest absolute Gasteiger partial charge is 0.0702 e. The maximum absolute atomic E-state index is 11.1. The zero-order valence-corrected chi connectivity index (χ0v) is 11.9. The van der Waals surface area contributed by atoms with E-state index in [4.69, 9.17) is 0 Å². The molecule has 0 aromatic rings. The first kappa shape index (κ1) is 12.9. The predicted molar refractivity (Wildman–Crippen MR) is 74.5 cm³/mol. The van der Waals surface area contributed by atoms with Crippen LogP contribution in [0.2, 0.25) is 0 Å². The normalized spacial score (nSPS) is 46.0. The van der Waals surface area contributed by atoms with Crippen LogP contribution in [0.4, 0.5) is 0 Å². The highest BCUT2D eigenvalue weighted by Crippen LogP contribution is 2.44. The van der Waals surface area contributed by atoms with Crippen molar-refractivity contribution < 1.29 is 5.11 Å². The second kappa shape index (κ2) is 5.13. The Morgan fingerprint density at radius 3 is 2.61 bits per heavy atom. The van der Waals surface area contributed by atoms with Gasteiger partial charge in [-0.1, -0.05) is 26.2 Å². The van der Waals surface area contributed by atoms with Crippen molar-refractivity contribution in [2.24, 2.45) is 11.8 Å². The van der Waals surface area contributed by atoms with E-state index >= 15 is 0 Å². The molecule has 2 aliphatic heterocycles. The van der Waals surface area contributed by atoms with Gasteiger partial charge in [-0.05, 0) is 56.9 Å². The van der Waals surface area contributed by atoms with Crippen LogP contribution >= 0.6 is 0 Å². The summed E-state index contributed by atoms with van der Waals surface area (Å²) < 4.78 is 0. The molecular formula is C16H29NO. The molecule has 104 valence electrons. The van der Waals surface area contributed by atoms with Crippen molar-refractivity contribution in [2.75, 3.05) is 13.1 Å². The molecular weight excluding hydrogens is 222 g/mol. The van der Waals surface area contributed by atoms with Crippen molar-refractivity contribution in [1.29, 1.82) is 0 Å². The molecule has 3 rings (SSSR count). The average molecular weight is 251 g/mol. The van der Waals surface area contributed by atoms with Gasteiger partial charge in [0.1, 0.15) is 0 Å². The third kappa shape index (κ3) is 2.34. The molecule has 2 heteroatoms. The molecule has 3 aliphatic rings. The van der Waals surface area contributed by atoms with E-state index in [9.17, 15) is 5.11 Å². The lowest BCUT2D eigenvalue weighted by atomic mass is 9.68. The van der Waals surface area contributed by atoms with Gasteiger partial charge in [0, 0.05) is 12.6 Å². The van der Waals surface area contributed by atoms with Crippen LogP contribution in [0.5, 0.6) is 0 Å². The molecule has 2 heterocycles. The van der Waals surface area contributed by atoms with Gasteiger partial charge in [-0.15, -0.1) is 0 Å². The molecule has 0 aromatic carbocycles. The largest absolute Gasteiger partial charge is 0.389 e. The lowest BCUT2D eigenvalue weighted by Crippen LogP contribution is -2.52. The zero-order chi connectivity index (χ0) is 12.6. The summed E-state index contributed by atoms with van der Waals surface area (Å²) in [5.41, 5.74) is -0.315. The fourth-order valence-electron chi connectivity index (χ4n) is 4.75. The highest BCUT2D eigenvalue weighted by atomic mass is 16.3. The molecule has 2 atom stereocenters. The van der Waals surface area contributed by atoms with Crippen molar-refractivity contribution in [3.8, 4) is 0 Å². The van der Waals surface area contributed by atoms with Gasteiger partial charge < -0.3 is 10.0 Å². The van der Waals surface area contributed by atoms with Crippen LogP contribution < -0.4 is 0 Å². The van der Waals surface area contributed by atoms with Gasteiger partial charge in [0.25, 0.3) is 0 Å². The van der Waals surface area contributed by atoms with Crippen molar-refractivity contribution in [3.05, 3.63) is 0 Å². The Kier molecular flexibility index (Phi) is 3.68. The molecule has 18 heavy (non-hydrogen) atoms. The molecule has 2 unspecified atom stereocenters. The summed E-state index contributed by atoms with van der Waals surface area (Å²) in [5.74, 6) is 1.54. The summed E-state index contributed by atoms with van der Waals surface area (Å²) >= 11 is 0. The summed E-state index contributed by atoms with van der Waals surface area (Å²) in [7, 11) is 0. The Morgan fingerprint density at radius 1 is 1.11 bits per heavy atom. The van der Waals surface area contributed by atoms with Crippen LogP contribution in [-0.2, 0) is 0 Å². The van der Waals surface area contributed by atoms with Crippen LogP contribution in [0.25, 0.3) is 0 Å². The molecule has 0 spiro atoms. The first-order valence-electron chi connectivity index (χ1n) is 8.17. The molecule has 0 radical (unpaired) electrons. The molecule has 0 aromatic heterocycles. The third-order valence-electron chi connectivity index (χ3n) is 6.10. The number of nitrogens with zero attached hydrogens (tertiary/aromatic N) is 1. The van der Waals surface area contributed by atoms with Gasteiger partial charge in [-0.25, -0.2) is 0 Å². The second-order valence-corrected chi connectivity index (χ2v) is 7.02. The SMILES string of the molecule is CCC1CCC(C2(O)CCN3CCCC3C2)CC1. The fourth-order valence-corrected chi connectivity index (χ4v) is 4.75. The molecule has 1 aliphatic carbocycles. The lowest BCUT2D eigenvalue weighted by molar-refractivity contribution is -0.0918. The molecule has 0 amide bonds. The van der Waals surface area contributed by atoms with E-state index in [1.165, 1.54) is 51.5 Å². The van der Waals surface area contributed by atoms with Crippen LogP contribution in [0.3, 0.4) is 0 Å². The number of hydrogen-bond donors (Lipinski definition) is 1. The van der Waals surface area contributed by atoms with Crippen molar-refractivity contribution >= 4 is 0 Å². The summed E-state index contributed by atoms with van der Waals surface area (Å²) in [6, 6.07) is 0.702. The van der Waals surface area contributed by atoms with Gasteiger partial charge in [0.05, 0.1) is 5.60 Å². The van der Waals surface area contributed by atoms with Gasteiger partial charge in [-0.2, -0.15) is 0 Å². The maximum atomic E-state index is 11.1. The van der Waals surface area contributed by atoms with E-state index < -0.39 is 0 Å². The average Bonchev–Trinajstić information content (AvgIpc) is 2.86. The van der Waals surface area contributed by atoms with E-state index in [2.05, 4.69) is 11.8 Å². The molecule has 2 nitrogen and oxygen atoms in total. The van der Waals surface area contributed by atoms with Crippen molar-refractivity contribution in [3.63, 3.8) is 0 Å². The molecule has 3 fully saturated rings. The first-order valence-corrected chi connectivity index (χ1v) is 8.17. The lowest BCUT2D eigenvalue weighted by Gasteiger charge is -2.47. The fraction of sp³-hybridized carbons (Fsp3) is 1.00. The van der Waals surface area contributed by atoms with Crippen LogP contribution in [0, 0.1) is 11.8 Å². The Hall–Kier alpha value is -0.0800. The van der Waals surface area contributed by atoms with Crippen LogP contribution in [0.1, 0.15) is 64.7 Å². The van der Waals surface area contributed by atoms with Crippen LogP contribution in [-0.4, -0.2) is 34.7 Å². The van der Waals surface area contributed by atoms with Crippen LogP contribution in [0.15, 0.2) is 0 Å². The Bertz CT molecular complexity index is 285. The van der Waals surface area contributed by atoms with Crippen molar-refractivity contribution in [1.82, 2.24) is 4.90 Å². The number of aliphatic hydroxyl groups is 1. The number of piperidine rings is 1. The summed E-state index contributed by atoms with van der Waals surface area (Å²) in [5, 5.41) is 11.1. The Labute approximate surface area is 112 Å². The maximum Gasteiger partial charge on any atom is 0.0702 e. The first-order chi connectivity index (χ1) is 8.71. The number of fused-ring (bicyclic) bond motifs is 1.